The number of aliphatic carboxylic acids is 1. The lowest BCUT2D eigenvalue weighted by atomic mass is 10.0. The van der Waals surface area contributed by atoms with Crippen LogP contribution in [0, 0.1) is 23.4 Å². The molecule has 41 heavy (non-hydrogen) atoms. The maximum atomic E-state index is 15.5. The van der Waals surface area contributed by atoms with Crippen molar-refractivity contribution in [3.63, 3.8) is 0 Å². The van der Waals surface area contributed by atoms with Gasteiger partial charge in [-0.05, 0) is 50.0 Å². The van der Waals surface area contributed by atoms with Crippen LogP contribution < -0.4 is 5.32 Å². The Bertz CT molecular complexity index is 1380. The smallest absolute Gasteiger partial charge is 0.331 e. The minimum atomic E-state index is -1.33. The average molecular weight is 591 g/mol. The highest BCUT2D eigenvalue weighted by Crippen LogP contribution is 2.33. The molecule has 2 N–H and O–H groups in total. The minimum absolute atomic E-state index is 0.0967. The van der Waals surface area contributed by atoms with E-state index in [1.54, 1.807) is 23.6 Å². The molecule has 0 saturated carbocycles. The maximum absolute atomic E-state index is 15.5. The van der Waals surface area contributed by atoms with Crippen LogP contribution in [0.25, 0.3) is 17.3 Å². The van der Waals surface area contributed by atoms with Gasteiger partial charge in [-0.2, -0.15) is 0 Å². The molecule has 0 radical (unpaired) electrons. The van der Waals surface area contributed by atoms with Crippen LogP contribution in [0.2, 0.25) is 0 Å². The van der Waals surface area contributed by atoms with E-state index in [1.807, 2.05) is 0 Å². The molecule has 0 bridgehead atoms. The van der Waals surface area contributed by atoms with Crippen LogP contribution in [-0.4, -0.2) is 42.3 Å². The summed E-state index contributed by atoms with van der Waals surface area (Å²) in [5, 5.41) is 13.1. The number of anilines is 1. The molecule has 3 aromatic rings. The quantitative estimate of drug-likeness (QED) is 0.149. The molecule has 1 atom stereocenters. The first-order valence-corrected chi connectivity index (χ1v) is 14.0. The van der Waals surface area contributed by atoms with Crippen molar-refractivity contribution >= 4 is 34.4 Å². The summed E-state index contributed by atoms with van der Waals surface area (Å²) in [5.74, 6) is -4.25. The molecule has 0 aliphatic rings. The van der Waals surface area contributed by atoms with E-state index in [4.69, 9.17) is 14.6 Å². The monoisotopic (exact) mass is 590 g/mol. The minimum Gasteiger partial charge on any atom is -0.478 e. The Morgan fingerprint density at radius 2 is 1.83 bits per heavy atom. The van der Waals surface area contributed by atoms with Crippen molar-refractivity contribution in [1.82, 2.24) is 4.98 Å². The van der Waals surface area contributed by atoms with Crippen molar-refractivity contribution in [1.29, 1.82) is 0 Å². The third-order valence-corrected chi connectivity index (χ3v) is 7.05. The Morgan fingerprint density at radius 3 is 2.46 bits per heavy atom. The second kappa shape index (κ2) is 14.9. The second-order valence-electron chi connectivity index (χ2n) is 9.85. The van der Waals surface area contributed by atoms with Crippen LogP contribution in [0.15, 0.2) is 41.3 Å². The Hall–Kier alpha value is -3.54. The average Bonchev–Trinajstić information content (AvgIpc) is 3.38. The van der Waals surface area contributed by atoms with E-state index >= 15 is 4.39 Å². The number of benzene rings is 2. The molecule has 7 nitrogen and oxygen atoms in total. The van der Waals surface area contributed by atoms with Crippen molar-refractivity contribution in [2.45, 2.75) is 46.1 Å². The van der Waals surface area contributed by atoms with Gasteiger partial charge in [-0.1, -0.05) is 26.0 Å². The highest BCUT2D eigenvalue weighted by molar-refractivity contribution is 7.14. The number of nitrogens with zero attached hydrogens (tertiary/aromatic N) is 1. The van der Waals surface area contributed by atoms with Gasteiger partial charge in [0.05, 0.1) is 11.8 Å². The number of carbonyl (C=O) groups excluding carboxylic acids is 1. The highest BCUT2D eigenvalue weighted by atomic mass is 32.1. The Balaban J connectivity index is 1.71. The predicted molar refractivity (Wildman–Crippen MR) is 152 cm³/mol. The number of rotatable bonds is 14. The molecule has 0 aliphatic carbocycles. The number of carboxylic acids is 1. The van der Waals surface area contributed by atoms with Crippen molar-refractivity contribution in [3.05, 3.63) is 75.4 Å². The van der Waals surface area contributed by atoms with Gasteiger partial charge in [0, 0.05) is 60.0 Å². The zero-order valence-electron chi connectivity index (χ0n) is 23.3. The highest BCUT2D eigenvalue weighted by Gasteiger charge is 2.21. The fraction of sp³-hybridized carbons (Fsp3) is 0.367. The SMILES string of the molecule is COC(CCOCCCC(C)C)c1cccc(-c2csc(NC(=O)c3cc(F)c(/C=C(\C)C(=O)O)c(F)c3)n2)c1F. The Labute approximate surface area is 241 Å². The lowest BCUT2D eigenvalue weighted by molar-refractivity contribution is -0.132. The van der Waals surface area contributed by atoms with Crippen LogP contribution in [-0.2, 0) is 14.3 Å². The number of carboxylic acid groups (broad SMARTS) is 1. The summed E-state index contributed by atoms with van der Waals surface area (Å²) in [6.07, 6.45) is 2.82. The van der Waals surface area contributed by atoms with Gasteiger partial charge in [-0.3, -0.25) is 10.1 Å². The standard InChI is InChI=1S/C30H33F3N2O5S/c1-17(2)7-6-11-40-12-10-26(39-4)21-9-5-8-20(27(21)33)25-16-41-30(34-25)35-28(36)19-14-23(31)22(24(32)15-19)13-18(3)29(37)38/h5,8-9,13-17,26H,6-7,10-12H2,1-4H3,(H,37,38)(H,34,35,36)/b18-13+. The summed E-state index contributed by atoms with van der Waals surface area (Å²) in [4.78, 5) is 27.9. The van der Waals surface area contributed by atoms with E-state index in [1.165, 1.54) is 14.0 Å². The van der Waals surface area contributed by atoms with Gasteiger partial charge in [-0.25, -0.2) is 22.9 Å². The summed E-state index contributed by atoms with van der Waals surface area (Å²) in [6, 6.07) is 6.49. The fourth-order valence-corrected chi connectivity index (χ4v) is 4.74. The molecule has 0 spiro atoms. The number of hydrogen-bond acceptors (Lipinski definition) is 6. The number of halogens is 3. The number of nitrogens with one attached hydrogen (secondary N) is 1. The van der Waals surface area contributed by atoms with Crippen LogP contribution in [0.3, 0.4) is 0 Å². The van der Waals surface area contributed by atoms with Crippen molar-refractivity contribution in [3.8, 4) is 11.3 Å². The first-order valence-electron chi connectivity index (χ1n) is 13.1. The van der Waals surface area contributed by atoms with E-state index in [9.17, 15) is 18.4 Å². The number of hydrogen-bond donors (Lipinski definition) is 2. The zero-order chi connectivity index (χ0) is 30.1. The zero-order valence-corrected chi connectivity index (χ0v) is 24.1. The van der Waals surface area contributed by atoms with Crippen molar-refractivity contribution in [2.75, 3.05) is 25.6 Å². The molecular formula is C30H33F3N2O5S. The van der Waals surface area contributed by atoms with Gasteiger partial charge >= 0.3 is 5.97 Å². The van der Waals surface area contributed by atoms with Crippen LogP contribution in [0.4, 0.5) is 18.3 Å². The fourth-order valence-electron chi connectivity index (χ4n) is 4.04. The largest absolute Gasteiger partial charge is 0.478 e. The molecule has 11 heteroatoms. The van der Waals surface area contributed by atoms with E-state index < -0.39 is 41.0 Å². The van der Waals surface area contributed by atoms with Crippen LogP contribution in [0.5, 0.6) is 0 Å². The van der Waals surface area contributed by atoms with E-state index in [0.29, 0.717) is 31.1 Å². The second-order valence-corrected chi connectivity index (χ2v) is 10.7. The predicted octanol–water partition coefficient (Wildman–Crippen LogP) is 7.50. The number of ether oxygens (including phenoxy) is 2. The molecule has 220 valence electrons. The Kier molecular flexibility index (Phi) is 11.6. The summed E-state index contributed by atoms with van der Waals surface area (Å²) >= 11 is 1.02. The number of amides is 1. The third-order valence-electron chi connectivity index (χ3n) is 6.29. The molecule has 0 aliphatic heterocycles. The lowest BCUT2D eigenvalue weighted by Crippen LogP contribution is -2.13. The van der Waals surface area contributed by atoms with E-state index in [-0.39, 0.29) is 27.5 Å². The normalized spacial score (nSPS) is 12.5. The van der Waals surface area contributed by atoms with Gasteiger partial charge in [0.25, 0.3) is 5.91 Å². The van der Waals surface area contributed by atoms with Crippen molar-refractivity contribution in [2.24, 2.45) is 5.92 Å². The third kappa shape index (κ3) is 8.72. The lowest BCUT2D eigenvalue weighted by Gasteiger charge is -2.18. The number of thiazole rings is 1. The maximum Gasteiger partial charge on any atom is 0.331 e. The van der Waals surface area contributed by atoms with Crippen molar-refractivity contribution < 1.29 is 37.3 Å². The van der Waals surface area contributed by atoms with Gasteiger partial charge in [-0.15, -0.1) is 11.3 Å². The number of aromatic nitrogens is 1. The summed E-state index contributed by atoms with van der Waals surface area (Å²) in [7, 11) is 1.51. The molecule has 1 unspecified atom stereocenters. The molecule has 1 heterocycles. The summed E-state index contributed by atoms with van der Waals surface area (Å²) in [6.45, 7) is 6.56. The van der Waals surface area contributed by atoms with Gasteiger partial charge < -0.3 is 14.6 Å². The molecule has 1 aromatic heterocycles. The van der Waals surface area contributed by atoms with E-state index in [0.717, 1.165) is 42.4 Å². The molecule has 2 aromatic carbocycles. The number of carbonyl (C=O) groups is 2. The molecule has 3 rings (SSSR count). The van der Waals surface area contributed by atoms with Gasteiger partial charge in [0.1, 0.15) is 17.5 Å². The molecule has 0 fully saturated rings. The summed E-state index contributed by atoms with van der Waals surface area (Å²) in [5.41, 5.74) is -0.334. The number of methoxy groups -OCH3 is 1. The topological polar surface area (TPSA) is 97.8 Å². The first kappa shape index (κ1) is 32.0. The molecule has 1 amide bonds. The van der Waals surface area contributed by atoms with E-state index in [2.05, 4.69) is 24.1 Å². The molecule has 0 saturated heterocycles. The first-order chi connectivity index (χ1) is 19.5. The summed E-state index contributed by atoms with van der Waals surface area (Å²) < 4.78 is 55.7. The van der Waals surface area contributed by atoms with Crippen LogP contribution >= 0.6 is 11.3 Å². The van der Waals surface area contributed by atoms with Gasteiger partial charge in [0.2, 0.25) is 0 Å². The Morgan fingerprint density at radius 1 is 1.12 bits per heavy atom. The molecular weight excluding hydrogens is 557 g/mol. The van der Waals surface area contributed by atoms with Crippen LogP contribution in [0.1, 0.15) is 67.6 Å². The van der Waals surface area contributed by atoms with Gasteiger partial charge in [0.15, 0.2) is 5.13 Å².